The van der Waals surface area contributed by atoms with E-state index in [1.807, 2.05) is 12.1 Å². The van der Waals surface area contributed by atoms with Gasteiger partial charge in [-0.1, -0.05) is 18.9 Å². The maximum absolute atomic E-state index is 11.1. The standard InChI is InChI=1S/C17H20N2O2/c20-17(21)12-6-7-13-11(9-12)5-8-14-15(18-19-16(13)14)10-3-1-2-4-10/h6-7,9-10,14-15,18H,1-5,8H2,(H,20,21). The second-order valence-electron chi connectivity index (χ2n) is 6.52. The number of aromatic carboxylic acids is 1. The summed E-state index contributed by atoms with van der Waals surface area (Å²) in [7, 11) is 0. The summed E-state index contributed by atoms with van der Waals surface area (Å²) in [5, 5.41) is 13.7. The second-order valence-corrected chi connectivity index (χ2v) is 6.52. The Morgan fingerprint density at radius 1 is 1.24 bits per heavy atom. The minimum absolute atomic E-state index is 0.381. The number of carboxylic acid groups (broad SMARTS) is 1. The number of aryl methyl sites for hydroxylation is 1. The number of benzene rings is 1. The maximum atomic E-state index is 11.1. The fourth-order valence-corrected chi connectivity index (χ4v) is 4.31. The molecule has 0 amide bonds. The van der Waals surface area contributed by atoms with Gasteiger partial charge in [0.25, 0.3) is 0 Å². The van der Waals surface area contributed by atoms with Gasteiger partial charge in [-0.15, -0.1) is 0 Å². The normalized spacial score (nSPS) is 27.7. The van der Waals surface area contributed by atoms with Gasteiger partial charge in [-0.25, -0.2) is 4.79 Å². The van der Waals surface area contributed by atoms with E-state index < -0.39 is 5.97 Å². The first-order chi connectivity index (χ1) is 10.2. The van der Waals surface area contributed by atoms with E-state index in [0.717, 1.165) is 35.6 Å². The third kappa shape index (κ3) is 2.04. The number of fused-ring (bicyclic) bond motifs is 3. The highest BCUT2D eigenvalue weighted by Gasteiger charge is 2.40. The van der Waals surface area contributed by atoms with Gasteiger partial charge < -0.3 is 10.5 Å². The second kappa shape index (κ2) is 4.86. The van der Waals surface area contributed by atoms with Crippen LogP contribution in [0.3, 0.4) is 0 Å². The molecule has 110 valence electrons. The van der Waals surface area contributed by atoms with Crippen LogP contribution in [0.2, 0.25) is 0 Å². The molecule has 0 bridgehead atoms. The summed E-state index contributed by atoms with van der Waals surface area (Å²) in [4.78, 5) is 11.1. The van der Waals surface area contributed by atoms with Crippen LogP contribution in [0.15, 0.2) is 23.3 Å². The van der Waals surface area contributed by atoms with E-state index in [1.54, 1.807) is 6.07 Å². The molecular weight excluding hydrogens is 264 g/mol. The fourth-order valence-electron chi connectivity index (χ4n) is 4.31. The molecule has 0 aromatic heterocycles. The summed E-state index contributed by atoms with van der Waals surface area (Å²) in [6.07, 6.45) is 7.39. The zero-order chi connectivity index (χ0) is 14.4. The van der Waals surface area contributed by atoms with Crippen molar-refractivity contribution < 1.29 is 9.90 Å². The summed E-state index contributed by atoms with van der Waals surface area (Å²) in [5.74, 6) is 0.419. The molecule has 21 heavy (non-hydrogen) atoms. The molecule has 0 spiro atoms. The Labute approximate surface area is 124 Å². The lowest BCUT2D eigenvalue weighted by atomic mass is 9.75. The van der Waals surface area contributed by atoms with Gasteiger partial charge in [0.2, 0.25) is 0 Å². The van der Waals surface area contributed by atoms with Crippen LogP contribution in [0.25, 0.3) is 0 Å². The van der Waals surface area contributed by atoms with Crippen molar-refractivity contribution in [2.24, 2.45) is 16.9 Å². The summed E-state index contributed by atoms with van der Waals surface area (Å²) in [6.45, 7) is 0. The highest BCUT2D eigenvalue weighted by atomic mass is 16.4. The molecule has 1 heterocycles. The summed E-state index contributed by atoms with van der Waals surface area (Å²) in [6, 6.07) is 5.96. The van der Waals surface area contributed by atoms with Crippen molar-refractivity contribution in [3.05, 3.63) is 34.9 Å². The summed E-state index contributed by atoms with van der Waals surface area (Å²) < 4.78 is 0. The van der Waals surface area contributed by atoms with Gasteiger partial charge in [-0.2, -0.15) is 5.10 Å². The molecular formula is C17H20N2O2. The Bertz CT molecular complexity index is 617. The van der Waals surface area contributed by atoms with Gasteiger partial charge in [-0.05, 0) is 49.3 Å². The van der Waals surface area contributed by atoms with Crippen molar-refractivity contribution >= 4 is 11.7 Å². The number of nitrogens with one attached hydrogen (secondary N) is 1. The quantitative estimate of drug-likeness (QED) is 0.878. The van der Waals surface area contributed by atoms with E-state index in [4.69, 9.17) is 5.11 Å². The van der Waals surface area contributed by atoms with Gasteiger partial charge in [0.1, 0.15) is 0 Å². The number of nitrogens with zero attached hydrogens (tertiary/aromatic N) is 1. The van der Waals surface area contributed by atoms with E-state index in [1.165, 1.54) is 25.7 Å². The SMILES string of the molecule is O=C(O)c1ccc2c(c1)CCC1C2=NNC1C1CCCC1. The Balaban J connectivity index is 1.64. The first-order valence-corrected chi connectivity index (χ1v) is 7.94. The zero-order valence-corrected chi connectivity index (χ0v) is 12.0. The lowest BCUT2D eigenvalue weighted by molar-refractivity contribution is 0.0696. The average Bonchev–Trinajstić information content (AvgIpc) is 3.15. The molecule has 1 aliphatic heterocycles. The maximum Gasteiger partial charge on any atom is 0.335 e. The zero-order valence-electron chi connectivity index (χ0n) is 12.0. The molecule has 4 nitrogen and oxygen atoms in total. The average molecular weight is 284 g/mol. The molecule has 2 atom stereocenters. The first-order valence-electron chi connectivity index (χ1n) is 7.94. The van der Waals surface area contributed by atoms with Crippen molar-refractivity contribution in [1.29, 1.82) is 0 Å². The molecule has 2 aliphatic carbocycles. The lowest BCUT2D eigenvalue weighted by Gasteiger charge is -2.29. The van der Waals surface area contributed by atoms with E-state index in [2.05, 4.69) is 10.5 Å². The molecule has 1 fully saturated rings. The van der Waals surface area contributed by atoms with E-state index in [0.29, 0.717) is 17.5 Å². The van der Waals surface area contributed by atoms with Crippen LogP contribution in [-0.4, -0.2) is 22.8 Å². The molecule has 1 saturated carbocycles. The highest BCUT2D eigenvalue weighted by molar-refractivity contribution is 6.06. The summed E-state index contributed by atoms with van der Waals surface area (Å²) in [5.41, 5.74) is 7.22. The van der Waals surface area contributed by atoms with Gasteiger partial charge in [0.15, 0.2) is 0 Å². The third-order valence-corrected chi connectivity index (χ3v) is 5.38. The van der Waals surface area contributed by atoms with Crippen molar-refractivity contribution in [1.82, 2.24) is 5.43 Å². The van der Waals surface area contributed by atoms with Crippen molar-refractivity contribution in [2.75, 3.05) is 0 Å². The predicted molar refractivity (Wildman–Crippen MR) is 80.6 cm³/mol. The first kappa shape index (κ1) is 12.9. The van der Waals surface area contributed by atoms with Gasteiger partial charge in [-0.3, -0.25) is 0 Å². The number of carboxylic acids is 1. The van der Waals surface area contributed by atoms with Crippen LogP contribution < -0.4 is 5.43 Å². The highest BCUT2D eigenvalue weighted by Crippen LogP contribution is 2.39. The van der Waals surface area contributed by atoms with E-state index in [-0.39, 0.29) is 0 Å². The molecule has 4 heteroatoms. The molecule has 1 aromatic carbocycles. The third-order valence-electron chi connectivity index (χ3n) is 5.38. The smallest absolute Gasteiger partial charge is 0.335 e. The number of hydrogen-bond donors (Lipinski definition) is 2. The van der Waals surface area contributed by atoms with Gasteiger partial charge >= 0.3 is 5.97 Å². The molecule has 0 saturated heterocycles. The minimum Gasteiger partial charge on any atom is -0.478 e. The minimum atomic E-state index is -0.852. The van der Waals surface area contributed by atoms with Gasteiger partial charge in [0.05, 0.1) is 17.3 Å². The van der Waals surface area contributed by atoms with Crippen LogP contribution in [0.4, 0.5) is 0 Å². The van der Waals surface area contributed by atoms with E-state index >= 15 is 0 Å². The van der Waals surface area contributed by atoms with Crippen molar-refractivity contribution in [3.8, 4) is 0 Å². The Hall–Kier alpha value is -1.84. The molecule has 0 radical (unpaired) electrons. The molecule has 1 aromatic rings. The van der Waals surface area contributed by atoms with Crippen molar-refractivity contribution in [3.63, 3.8) is 0 Å². The van der Waals surface area contributed by atoms with Gasteiger partial charge in [0, 0.05) is 11.5 Å². The molecule has 2 unspecified atom stereocenters. The fraction of sp³-hybridized carbons (Fsp3) is 0.529. The monoisotopic (exact) mass is 284 g/mol. The Morgan fingerprint density at radius 2 is 2.05 bits per heavy atom. The number of carbonyl (C=O) groups is 1. The molecule has 2 N–H and O–H groups in total. The number of hydrogen-bond acceptors (Lipinski definition) is 3. The van der Waals surface area contributed by atoms with Crippen LogP contribution in [0.1, 0.15) is 53.6 Å². The summed E-state index contributed by atoms with van der Waals surface area (Å²) >= 11 is 0. The topological polar surface area (TPSA) is 61.7 Å². The van der Waals surface area contributed by atoms with Crippen LogP contribution >= 0.6 is 0 Å². The number of hydrazone groups is 1. The van der Waals surface area contributed by atoms with Crippen LogP contribution in [0.5, 0.6) is 0 Å². The lowest BCUT2D eigenvalue weighted by Crippen LogP contribution is -2.38. The molecule has 3 aliphatic rings. The number of rotatable bonds is 2. The Morgan fingerprint density at radius 3 is 2.81 bits per heavy atom. The predicted octanol–water partition coefficient (Wildman–Crippen LogP) is 2.81. The van der Waals surface area contributed by atoms with Crippen molar-refractivity contribution in [2.45, 2.75) is 44.6 Å². The van der Waals surface area contributed by atoms with Crippen LogP contribution in [0, 0.1) is 11.8 Å². The molecule has 4 rings (SSSR count). The largest absolute Gasteiger partial charge is 0.478 e. The Kier molecular flexibility index (Phi) is 2.98. The van der Waals surface area contributed by atoms with E-state index in [9.17, 15) is 4.79 Å². The van der Waals surface area contributed by atoms with Crippen LogP contribution in [-0.2, 0) is 6.42 Å².